The van der Waals surface area contributed by atoms with Gasteiger partial charge in [0.25, 0.3) is 0 Å². The number of amides is 1. The number of aryl methyl sites for hydroxylation is 1. The molecule has 0 saturated carbocycles. The van der Waals surface area contributed by atoms with Crippen LogP contribution in [-0.4, -0.2) is 54.4 Å². The van der Waals surface area contributed by atoms with Crippen LogP contribution in [-0.2, 0) is 30.4 Å². The zero-order valence-electron chi connectivity index (χ0n) is 18.0. The van der Waals surface area contributed by atoms with Gasteiger partial charge in [0.05, 0.1) is 36.1 Å². The van der Waals surface area contributed by atoms with E-state index in [2.05, 4.69) is 36.1 Å². The van der Waals surface area contributed by atoms with Gasteiger partial charge in [0, 0.05) is 6.20 Å². The van der Waals surface area contributed by atoms with E-state index in [1.807, 2.05) is 0 Å². The minimum Gasteiger partial charge on any atom is -0.373 e. The lowest BCUT2D eigenvalue weighted by Gasteiger charge is -2.09. The molecule has 3 N–H and O–H groups in total. The highest BCUT2D eigenvalue weighted by Crippen LogP contribution is 2.29. The third kappa shape index (κ3) is 7.25. The van der Waals surface area contributed by atoms with Crippen LogP contribution in [0.5, 0.6) is 0 Å². The number of alkyl halides is 4. The molecule has 3 aromatic rings. The minimum atomic E-state index is -4.53. The minimum absolute atomic E-state index is 0.0362. The van der Waals surface area contributed by atoms with E-state index >= 15 is 0 Å². The van der Waals surface area contributed by atoms with E-state index < -0.39 is 30.0 Å². The van der Waals surface area contributed by atoms with E-state index in [-0.39, 0.29) is 43.0 Å². The first-order valence-corrected chi connectivity index (χ1v) is 10.2. The molecular formula is C20H22F4N8O2. The summed E-state index contributed by atoms with van der Waals surface area (Å²) >= 11 is 0. The number of aromatic nitrogens is 6. The van der Waals surface area contributed by atoms with Gasteiger partial charge < -0.3 is 10.4 Å². The Hall–Kier alpha value is -3.52. The molecule has 0 spiro atoms. The van der Waals surface area contributed by atoms with Gasteiger partial charge >= 0.3 is 6.18 Å². The van der Waals surface area contributed by atoms with Crippen molar-refractivity contribution < 1.29 is 27.5 Å². The first-order valence-electron chi connectivity index (χ1n) is 10.2. The number of pyridine rings is 1. The Morgan fingerprint density at radius 1 is 1.18 bits per heavy atom. The Labute approximate surface area is 191 Å². The molecule has 3 rings (SSSR count). The third-order valence-electron chi connectivity index (χ3n) is 4.68. The molecule has 34 heavy (non-hydrogen) atoms. The second-order valence-electron chi connectivity index (χ2n) is 7.36. The van der Waals surface area contributed by atoms with Crippen molar-refractivity contribution in [3.63, 3.8) is 0 Å². The first kappa shape index (κ1) is 25.1. The normalized spacial score (nSPS) is 13.5. The van der Waals surface area contributed by atoms with Gasteiger partial charge in [-0.3, -0.25) is 15.1 Å². The molecule has 0 saturated heterocycles. The van der Waals surface area contributed by atoms with Crippen LogP contribution < -0.4 is 10.6 Å². The third-order valence-corrected chi connectivity index (χ3v) is 4.68. The smallest absolute Gasteiger partial charge is 0.373 e. The summed E-state index contributed by atoms with van der Waals surface area (Å²) in [6.45, 7) is -0.0470. The fourth-order valence-electron chi connectivity index (χ4n) is 2.94. The molecular weight excluding hydrogens is 460 g/mol. The molecule has 1 amide bonds. The summed E-state index contributed by atoms with van der Waals surface area (Å²) in [6, 6.07) is 4.67. The molecule has 0 bridgehead atoms. The van der Waals surface area contributed by atoms with Gasteiger partial charge in [-0.2, -0.15) is 18.3 Å². The summed E-state index contributed by atoms with van der Waals surface area (Å²) in [7, 11) is 1.55. The van der Waals surface area contributed by atoms with E-state index in [4.69, 9.17) is 0 Å². The highest BCUT2D eigenvalue weighted by molar-refractivity contribution is 5.91. The van der Waals surface area contributed by atoms with Crippen LogP contribution in [0.4, 0.5) is 23.4 Å². The average molecular weight is 482 g/mol. The van der Waals surface area contributed by atoms with E-state index in [0.29, 0.717) is 5.69 Å². The molecule has 0 aliphatic heterocycles. The van der Waals surface area contributed by atoms with Gasteiger partial charge in [-0.15, -0.1) is 10.2 Å². The van der Waals surface area contributed by atoms with Gasteiger partial charge in [0.1, 0.15) is 11.9 Å². The van der Waals surface area contributed by atoms with Crippen LogP contribution in [0.1, 0.15) is 35.3 Å². The number of halogens is 4. The maximum atomic E-state index is 14.3. The summed E-state index contributed by atoms with van der Waals surface area (Å²) in [6.07, 6.45) is -4.29. The number of aliphatic hydroxyl groups is 1. The maximum absolute atomic E-state index is 14.3. The fraction of sp³-hybridized carbons (Fsp3) is 0.400. The Bertz CT molecular complexity index is 1090. The van der Waals surface area contributed by atoms with Crippen molar-refractivity contribution >= 4 is 11.7 Å². The molecule has 0 aliphatic carbocycles. The summed E-state index contributed by atoms with van der Waals surface area (Å²) in [5.74, 6) is -0.496. The van der Waals surface area contributed by atoms with Crippen molar-refractivity contribution in [2.45, 2.75) is 44.4 Å². The Morgan fingerprint density at radius 3 is 2.65 bits per heavy atom. The van der Waals surface area contributed by atoms with Gasteiger partial charge in [0.2, 0.25) is 5.91 Å². The SMILES string of the molecule is CNC(O)c1cn(CC(F)CCc2ccc(NC(=O)Cc3cc(C(F)(F)F)ccn3)nn2)nn1. The molecule has 0 radical (unpaired) electrons. The molecule has 2 unspecified atom stereocenters. The van der Waals surface area contributed by atoms with Gasteiger partial charge in [0.15, 0.2) is 12.0 Å². The van der Waals surface area contributed by atoms with Crippen molar-refractivity contribution in [2.24, 2.45) is 0 Å². The predicted molar refractivity (Wildman–Crippen MR) is 111 cm³/mol. The van der Waals surface area contributed by atoms with E-state index in [0.717, 1.165) is 18.3 Å². The highest BCUT2D eigenvalue weighted by Gasteiger charge is 2.30. The van der Waals surface area contributed by atoms with Crippen LogP contribution in [0, 0.1) is 0 Å². The monoisotopic (exact) mass is 482 g/mol. The molecule has 0 aromatic carbocycles. The summed E-state index contributed by atoms with van der Waals surface area (Å²) in [5.41, 5.74) is -0.154. The number of nitrogens with zero attached hydrogens (tertiary/aromatic N) is 6. The summed E-state index contributed by atoms with van der Waals surface area (Å²) in [4.78, 5) is 15.9. The topological polar surface area (TPSA) is 131 Å². The molecule has 2 atom stereocenters. The van der Waals surface area contributed by atoms with E-state index in [1.165, 1.54) is 16.9 Å². The lowest BCUT2D eigenvalue weighted by atomic mass is 10.1. The molecule has 3 heterocycles. The fourth-order valence-corrected chi connectivity index (χ4v) is 2.94. The first-order chi connectivity index (χ1) is 16.1. The Balaban J connectivity index is 1.46. The van der Waals surface area contributed by atoms with Crippen LogP contribution in [0.15, 0.2) is 36.7 Å². The number of carbonyl (C=O) groups is 1. The predicted octanol–water partition coefficient (Wildman–Crippen LogP) is 1.84. The molecule has 0 fully saturated rings. The zero-order valence-corrected chi connectivity index (χ0v) is 18.0. The number of hydrogen-bond acceptors (Lipinski definition) is 8. The molecule has 182 valence electrons. The van der Waals surface area contributed by atoms with Crippen molar-refractivity contribution in [3.05, 3.63) is 59.3 Å². The van der Waals surface area contributed by atoms with Crippen molar-refractivity contribution in [1.82, 2.24) is 35.5 Å². The highest BCUT2D eigenvalue weighted by atomic mass is 19.4. The number of anilines is 1. The van der Waals surface area contributed by atoms with Crippen LogP contribution in [0.3, 0.4) is 0 Å². The van der Waals surface area contributed by atoms with Crippen molar-refractivity contribution in [2.75, 3.05) is 12.4 Å². The second kappa shape index (κ2) is 11.1. The number of aliphatic hydroxyl groups excluding tert-OH is 1. The number of nitrogens with one attached hydrogen (secondary N) is 2. The van der Waals surface area contributed by atoms with E-state index in [1.54, 1.807) is 13.1 Å². The molecule has 3 aromatic heterocycles. The number of carbonyl (C=O) groups excluding carboxylic acids is 1. The second-order valence-corrected chi connectivity index (χ2v) is 7.36. The Morgan fingerprint density at radius 2 is 1.97 bits per heavy atom. The number of rotatable bonds is 10. The van der Waals surface area contributed by atoms with Crippen LogP contribution in [0.25, 0.3) is 0 Å². The molecule has 0 aliphatic rings. The Kier molecular flexibility index (Phi) is 8.17. The maximum Gasteiger partial charge on any atom is 0.416 e. The van der Waals surface area contributed by atoms with Crippen molar-refractivity contribution in [1.29, 1.82) is 0 Å². The quantitative estimate of drug-likeness (QED) is 0.295. The summed E-state index contributed by atoms with van der Waals surface area (Å²) < 4.78 is 53.9. The summed E-state index contributed by atoms with van der Waals surface area (Å²) in [5, 5.41) is 29.9. The zero-order chi connectivity index (χ0) is 24.7. The standard InChI is InChI=1S/C20H22F4N8O2/c1-25-19(34)16-11-32(31-29-16)10-13(21)2-3-14-4-5-17(30-28-14)27-18(33)9-15-8-12(6-7-26-15)20(22,23)24/h4-8,11,13,19,25,34H,2-3,9-10H2,1H3,(H,27,30,33). The lowest BCUT2D eigenvalue weighted by Crippen LogP contribution is -2.17. The van der Waals surface area contributed by atoms with Crippen LogP contribution >= 0.6 is 0 Å². The molecule has 10 nitrogen and oxygen atoms in total. The van der Waals surface area contributed by atoms with Crippen molar-refractivity contribution in [3.8, 4) is 0 Å². The van der Waals surface area contributed by atoms with Crippen LogP contribution in [0.2, 0.25) is 0 Å². The van der Waals surface area contributed by atoms with Gasteiger partial charge in [-0.1, -0.05) is 5.21 Å². The lowest BCUT2D eigenvalue weighted by molar-refractivity contribution is -0.137. The molecule has 14 heteroatoms. The largest absolute Gasteiger partial charge is 0.416 e. The van der Waals surface area contributed by atoms with Gasteiger partial charge in [-0.25, -0.2) is 9.07 Å². The average Bonchev–Trinajstić information content (AvgIpc) is 3.26. The van der Waals surface area contributed by atoms with Gasteiger partial charge in [-0.05, 0) is 44.2 Å². The van der Waals surface area contributed by atoms with E-state index in [9.17, 15) is 27.5 Å². The number of hydrogen-bond donors (Lipinski definition) is 3.